The van der Waals surface area contributed by atoms with E-state index in [0.717, 1.165) is 17.1 Å². The van der Waals surface area contributed by atoms with Crippen LogP contribution in [0.25, 0.3) is 0 Å². The van der Waals surface area contributed by atoms with Crippen LogP contribution in [0.2, 0.25) is 0 Å². The van der Waals surface area contributed by atoms with E-state index in [9.17, 15) is 4.79 Å². The number of hydrogen-bond acceptors (Lipinski definition) is 4. The highest BCUT2D eigenvalue weighted by atomic mass is 16.5. The van der Waals surface area contributed by atoms with Gasteiger partial charge >= 0.3 is 0 Å². The maximum absolute atomic E-state index is 11.6. The van der Waals surface area contributed by atoms with E-state index in [0.29, 0.717) is 19.7 Å². The molecule has 92 valence electrons. The predicted molar refractivity (Wildman–Crippen MR) is 65.7 cm³/mol. The van der Waals surface area contributed by atoms with Gasteiger partial charge in [0.2, 0.25) is 5.91 Å². The lowest BCUT2D eigenvalue weighted by Gasteiger charge is -2.30. The summed E-state index contributed by atoms with van der Waals surface area (Å²) in [6.07, 6.45) is 0. The van der Waals surface area contributed by atoms with E-state index in [4.69, 9.17) is 9.47 Å². The molecule has 5 nitrogen and oxygen atoms in total. The molecular weight excluding hydrogens is 220 g/mol. The van der Waals surface area contributed by atoms with E-state index >= 15 is 0 Å². The lowest BCUT2D eigenvalue weighted by atomic mass is 10.2. The van der Waals surface area contributed by atoms with Gasteiger partial charge in [-0.15, -0.1) is 0 Å². The van der Waals surface area contributed by atoms with E-state index < -0.39 is 0 Å². The summed E-state index contributed by atoms with van der Waals surface area (Å²) in [7, 11) is 3.26. The number of hydrogen-bond donors (Lipinski definition) is 1. The Kier molecular flexibility index (Phi) is 3.49. The molecule has 1 aromatic rings. The first-order valence-corrected chi connectivity index (χ1v) is 5.46. The van der Waals surface area contributed by atoms with Gasteiger partial charge in [-0.3, -0.25) is 4.79 Å². The summed E-state index contributed by atoms with van der Waals surface area (Å²) in [4.78, 5) is 13.6. The molecule has 0 spiro atoms. The average molecular weight is 236 g/mol. The molecule has 0 aliphatic carbocycles. The van der Waals surface area contributed by atoms with Crippen molar-refractivity contribution in [2.45, 2.75) is 0 Å². The Labute approximate surface area is 100 Å². The molecule has 0 atom stereocenters. The summed E-state index contributed by atoms with van der Waals surface area (Å²) in [5, 5.41) is 2.84. The Morgan fingerprint density at radius 1 is 1.41 bits per heavy atom. The molecule has 1 aliphatic heterocycles. The maximum Gasteiger partial charge on any atom is 0.243 e. The number of rotatable bonds is 4. The Balaban J connectivity index is 2.26. The van der Waals surface area contributed by atoms with E-state index in [1.165, 1.54) is 0 Å². The fourth-order valence-electron chi connectivity index (χ4n) is 1.87. The highest BCUT2D eigenvalue weighted by molar-refractivity contribution is 6.01. The van der Waals surface area contributed by atoms with Crippen LogP contribution in [0.3, 0.4) is 0 Å². The van der Waals surface area contributed by atoms with Crippen molar-refractivity contribution in [3.05, 3.63) is 18.2 Å². The number of nitrogens with one attached hydrogen (secondary N) is 1. The van der Waals surface area contributed by atoms with Crippen molar-refractivity contribution < 1.29 is 14.3 Å². The Hall–Kier alpha value is -1.75. The molecule has 0 radical (unpaired) electrons. The SMILES string of the molecule is COCCN1CC(=O)Nc2cc(OC)ccc21. The maximum atomic E-state index is 11.6. The number of nitrogens with zero attached hydrogens (tertiary/aromatic N) is 1. The smallest absolute Gasteiger partial charge is 0.243 e. The lowest BCUT2D eigenvalue weighted by molar-refractivity contribution is -0.115. The predicted octanol–water partition coefficient (Wildman–Crippen LogP) is 1.10. The highest BCUT2D eigenvalue weighted by Gasteiger charge is 2.21. The normalized spacial score (nSPS) is 14.2. The number of amides is 1. The van der Waals surface area contributed by atoms with Gasteiger partial charge in [-0.1, -0.05) is 0 Å². The number of anilines is 2. The zero-order valence-electron chi connectivity index (χ0n) is 10.0. The molecule has 5 heteroatoms. The van der Waals surface area contributed by atoms with Crippen LogP contribution in [0.4, 0.5) is 11.4 Å². The van der Waals surface area contributed by atoms with Gasteiger partial charge < -0.3 is 19.7 Å². The van der Waals surface area contributed by atoms with Gasteiger partial charge in [0.05, 0.1) is 31.6 Å². The molecular formula is C12H16N2O3. The first kappa shape index (κ1) is 11.7. The minimum atomic E-state index is -0.0122. The van der Waals surface area contributed by atoms with Gasteiger partial charge in [-0.05, 0) is 12.1 Å². The molecule has 0 unspecified atom stereocenters. The zero-order chi connectivity index (χ0) is 12.3. The fraction of sp³-hybridized carbons (Fsp3) is 0.417. The Morgan fingerprint density at radius 2 is 2.24 bits per heavy atom. The molecule has 2 rings (SSSR count). The van der Waals surface area contributed by atoms with Crippen molar-refractivity contribution in [1.29, 1.82) is 0 Å². The van der Waals surface area contributed by atoms with Crippen LogP contribution >= 0.6 is 0 Å². The fourth-order valence-corrected chi connectivity index (χ4v) is 1.87. The Morgan fingerprint density at radius 3 is 2.94 bits per heavy atom. The third-order valence-electron chi connectivity index (χ3n) is 2.72. The van der Waals surface area contributed by atoms with Gasteiger partial charge in [0, 0.05) is 19.7 Å². The molecule has 0 aromatic heterocycles. The van der Waals surface area contributed by atoms with Gasteiger partial charge in [0.25, 0.3) is 0 Å². The van der Waals surface area contributed by atoms with E-state index in [1.54, 1.807) is 14.2 Å². The van der Waals surface area contributed by atoms with Crippen molar-refractivity contribution in [3.8, 4) is 5.75 Å². The highest BCUT2D eigenvalue weighted by Crippen LogP contribution is 2.32. The summed E-state index contributed by atoms with van der Waals surface area (Å²) >= 11 is 0. The van der Waals surface area contributed by atoms with Crippen molar-refractivity contribution in [3.63, 3.8) is 0 Å². The first-order chi connectivity index (χ1) is 8.24. The van der Waals surface area contributed by atoms with Crippen molar-refractivity contribution >= 4 is 17.3 Å². The van der Waals surface area contributed by atoms with E-state index in [2.05, 4.69) is 5.32 Å². The van der Waals surface area contributed by atoms with E-state index in [1.807, 2.05) is 23.1 Å². The van der Waals surface area contributed by atoms with Crippen LogP contribution in [0.1, 0.15) is 0 Å². The van der Waals surface area contributed by atoms with Gasteiger partial charge in [0.15, 0.2) is 0 Å². The van der Waals surface area contributed by atoms with Gasteiger partial charge in [0.1, 0.15) is 5.75 Å². The minimum Gasteiger partial charge on any atom is -0.497 e. The largest absolute Gasteiger partial charge is 0.497 e. The molecule has 1 N–H and O–H groups in total. The third-order valence-corrected chi connectivity index (χ3v) is 2.72. The lowest BCUT2D eigenvalue weighted by Crippen LogP contribution is -2.39. The first-order valence-electron chi connectivity index (χ1n) is 5.46. The van der Waals surface area contributed by atoms with Crippen LogP contribution in [-0.4, -0.2) is 39.8 Å². The van der Waals surface area contributed by atoms with Crippen molar-refractivity contribution in [2.24, 2.45) is 0 Å². The van der Waals surface area contributed by atoms with Crippen LogP contribution in [0.5, 0.6) is 5.75 Å². The van der Waals surface area contributed by atoms with Crippen molar-refractivity contribution in [2.75, 3.05) is 44.1 Å². The quantitative estimate of drug-likeness (QED) is 0.850. The van der Waals surface area contributed by atoms with Gasteiger partial charge in [-0.2, -0.15) is 0 Å². The number of carbonyl (C=O) groups excluding carboxylic acids is 1. The standard InChI is InChI=1S/C12H16N2O3/c1-16-6-5-14-8-12(15)13-10-7-9(17-2)3-4-11(10)14/h3-4,7H,5-6,8H2,1-2H3,(H,13,15). The molecule has 1 aliphatic rings. The molecule has 0 bridgehead atoms. The summed E-state index contributed by atoms with van der Waals surface area (Å²) in [6, 6.07) is 5.66. The average Bonchev–Trinajstić information content (AvgIpc) is 2.34. The molecule has 17 heavy (non-hydrogen) atoms. The summed E-state index contributed by atoms with van der Waals surface area (Å²) < 4.78 is 10.2. The number of fused-ring (bicyclic) bond motifs is 1. The molecule has 1 aromatic carbocycles. The molecule has 1 heterocycles. The molecule has 0 saturated carbocycles. The summed E-state index contributed by atoms with van der Waals surface area (Å²) in [5.74, 6) is 0.722. The monoisotopic (exact) mass is 236 g/mol. The summed E-state index contributed by atoms with van der Waals surface area (Å²) in [6.45, 7) is 1.66. The third kappa shape index (κ3) is 2.50. The number of carbonyl (C=O) groups is 1. The molecule has 1 amide bonds. The van der Waals surface area contributed by atoms with Crippen LogP contribution < -0.4 is 15.0 Å². The van der Waals surface area contributed by atoms with Crippen molar-refractivity contribution in [1.82, 2.24) is 0 Å². The van der Waals surface area contributed by atoms with E-state index in [-0.39, 0.29) is 5.91 Å². The van der Waals surface area contributed by atoms with Crippen LogP contribution in [-0.2, 0) is 9.53 Å². The summed E-state index contributed by atoms with van der Waals surface area (Å²) in [5.41, 5.74) is 1.79. The zero-order valence-corrected chi connectivity index (χ0v) is 10.0. The second kappa shape index (κ2) is 5.05. The van der Waals surface area contributed by atoms with Gasteiger partial charge in [-0.25, -0.2) is 0 Å². The Bertz CT molecular complexity index is 420. The number of methoxy groups -OCH3 is 2. The minimum absolute atomic E-state index is 0.0122. The number of benzene rings is 1. The molecule has 0 fully saturated rings. The second-order valence-electron chi connectivity index (χ2n) is 3.85. The van der Waals surface area contributed by atoms with Crippen LogP contribution in [0.15, 0.2) is 18.2 Å². The second-order valence-corrected chi connectivity index (χ2v) is 3.85. The topological polar surface area (TPSA) is 50.8 Å². The molecule has 0 saturated heterocycles. The number of ether oxygens (including phenoxy) is 2. The van der Waals surface area contributed by atoms with Crippen LogP contribution in [0, 0.1) is 0 Å².